The van der Waals surface area contributed by atoms with Gasteiger partial charge in [-0.15, -0.1) is 0 Å². The van der Waals surface area contributed by atoms with Gasteiger partial charge in [0.05, 0.1) is 4.90 Å². The predicted molar refractivity (Wildman–Crippen MR) is 77.8 cm³/mol. The van der Waals surface area contributed by atoms with E-state index in [1.165, 1.54) is 31.7 Å². The molecule has 1 N–H and O–H groups in total. The van der Waals surface area contributed by atoms with Crippen LogP contribution in [0.5, 0.6) is 5.75 Å². The molecular weight excluding hydrogens is 340 g/mol. The van der Waals surface area contributed by atoms with Crippen LogP contribution < -0.4 is 0 Å². The summed E-state index contributed by atoms with van der Waals surface area (Å²) >= 11 is 0. The third-order valence-corrected chi connectivity index (χ3v) is 4.35. The predicted octanol–water partition coefficient (Wildman–Crippen LogP) is 3.59. The third kappa shape index (κ3) is 7.32. The molecule has 0 unspecified atom stereocenters. The van der Waals surface area contributed by atoms with E-state index >= 15 is 0 Å². The number of phenolic OH excluding ortho intramolecular Hbond substituents is 1. The van der Waals surface area contributed by atoms with E-state index in [1.54, 1.807) is 12.1 Å². The number of aromatic hydroxyl groups is 1. The van der Waals surface area contributed by atoms with E-state index in [0.29, 0.717) is 12.0 Å². The van der Waals surface area contributed by atoms with Crippen molar-refractivity contribution < 1.29 is 35.1 Å². The van der Waals surface area contributed by atoms with Crippen LogP contribution >= 0.6 is 0 Å². The second-order valence-corrected chi connectivity index (χ2v) is 6.41. The number of rotatable bonds is 9. The summed E-state index contributed by atoms with van der Waals surface area (Å²) in [4.78, 5) is -0.453. The average molecular weight is 363 g/mol. The molecule has 0 fully saturated rings. The largest absolute Gasteiger partial charge is 1.00 e. The van der Waals surface area contributed by atoms with Gasteiger partial charge in [0.1, 0.15) is 15.9 Å². The molecule has 124 valence electrons. The first-order chi connectivity index (χ1) is 9.46. The molecule has 1 aromatic rings. The molecule has 6 heteroatoms. The topological polar surface area (TPSA) is 77.4 Å². The average Bonchev–Trinajstić information content (AvgIpc) is 2.36. The van der Waals surface area contributed by atoms with Crippen LogP contribution in [0.25, 0.3) is 0 Å². The van der Waals surface area contributed by atoms with E-state index < -0.39 is 20.8 Å². The fourth-order valence-electron chi connectivity index (χ4n) is 2.33. The third-order valence-electron chi connectivity index (χ3n) is 3.38. The number of phenols is 1. The van der Waals surface area contributed by atoms with Crippen LogP contribution in [-0.4, -0.2) is 18.1 Å². The molecule has 0 aliphatic heterocycles. The zero-order valence-corrected chi connectivity index (χ0v) is 14.0. The first kappa shape index (κ1) is 20.4. The van der Waals surface area contributed by atoms with Gasteiger partial charge >= 0.3 is 17.1 Å². The molecule has 0 aromatic heterocycles. The Morgan fingerprint density at radius 2 is 1.62 bits per heavy atom. The first-order valence-corrected chi connectivity index (χ1v) is 8.64. The van der Waals surface area contributed by atoms with Crippen LogP contribution in [0.2, 0.25) is 0 Å². The van der Waals surface area contributed by atoms with Crippen molar-refractivity contribution in [3.05, 3.63) is 23.8 Å². The van der Waals surface area contributed by atoms with Crippen molar-refractivity contribution in [3.8, 4) is 5.75 Å². The second-order valence-electron chi connectivity index (χ2n) is 5.09. The Morgan fingerprint density at radius 1 is 1.05 bits per heavy atom. The standard InChI is InChI=1S/C15H24O4S.Cu/c1-2-3-4-5-6-7-8-10-13-11-9-12-14(16)15(13)20(17,18)19;/h9,11-12,16H,2-8,10H2,1H3,(H,17,18,19);/q;+1/p-1. The normalized spacial score (nSPS) is 11.1. The SMILES string of the molecule is CCCCCCCCCc1cccc(O)c1S(=O)(=O)[O-].[Cu+]. The maximum absolute atomic E-state index is 11.2. The summed E-state index contributed by atoms with van der Waals surface area (Å²) in [6.45, 7) is 2.17. The first-order valence-electron chi connectivity index (χ1n) is 7.23. The van der Waals surface area contributed by atoms with Crippen molar-refractivity contribution in [1.82, 2.24) is 0 Å². The molecule has 0 amide bonds. The van der Waals surface area contributed by atoms with Crippen LogP contribution in [0, 0.1) is 0 Å². The summed E-state index contributed by atoms with van der Waals surface area (Å²) in [5, 5.41) is 9.55. The molecule has 1 aromatic carbocycles. The smallest absolute Gasteiger partial charge is 0.744 e. The summed E-state index contributed by atoms with van der Waals surface area (Å²) in [5.74, 6) is -0.444. The second kappa shape index (κ2) is 10.2. The van der Waals surface area contributed by atoms with Crippen LogP contribution in [0.15, 0.2) is 23.1 Å². The van der Waals surface area contributed by atoms with E-state index in [1.807, 2.05) is 0 Å². The van der Waals surface area contributed by atoms with Crippen LogP contribution in [-0.2, 0) is 33.6 Å². The van der Waals surface area contributed by atoms with E-state index in [2.05, 4.69) is 6.92 Å². The Morgan fingerprint density at radius 3 is 2.19 bits per heavy atom. The molecule has 0 spiro atoms. The Labute approximate surface area is 138 Å². The van der Waals surface area contributed by atoms with E-state index in [9.17, 15) is 18.1 Å². The Balaban J connectivity index is 0.00000400. The van der Waals surface area contributed by atoms with Gasteiger partial charge in [0.25, 0.3) is 0 Å². The maximum Gasteiger partial charge on any atom is 1.00 e. The Bertz CT molecular complexity index is 514. The number of unbranched alkanes of at least 4 members (excludes halogenated alkanes) is 6. The van der Waals surface area contributed by atoms with Gasteiger partial charge in [0.2, 0.25) is 0 Å². The van der Waals surface area contributed by atoms with Gasteiger partial charge < -0.3 is 9.66 Å². The van der Waals surface area contributed by atoms with Gasteiger partial charge in [0.15, 0.2) is 0 Å². The summed E-state index contributed by atoms with van der Waals surface area (Å²) in [6, 6.07) is 4.40. The Kier molecular flexibility index (Phi) is 9.95. The van der Waals surface area contributed by atoms with Gasteiger partial charge in [-0.05, 0) is 24.5 Å². The molecule has 0 heterocycles. The number of hydrogen-bond acceptors (Lipinski definition) is 4. The zero-order chi connectivity index (χ0) is 15.0. The van der Waals surface area contributed by atoms with Crippen molar-refractivity contribution in [2.75, 3.05) is 0 Å². The molecule has 0 aliphatic rings. The van der Waals surface area contributed by atoms with E-state index in [-0.39, 0.29) is 17.1 Å². The van der Waals surface area contributed by atoms with Crippen molar-refractivity contribution in [2.45, 2.75) is 63.2 Å². The minimum atomic E-state index is -4.62. The molecule has 0 radical (unpaired) electrons. The number of hydrogen-bond donors (Lipinski definition) is 1. The van der Waals surface area contributed by atoms with Crippen molar-refractivity contribution in [2.24, 2.45) is 0 Å². The molecule has 0 saturated heterocycles. The van der Waals surface area contributed by atoms with Gasteiger partial charge in [-0.2, -0.15) is 0 Å². The van der Waals surface area contributed by atoms with Crippen molar-refractivity contribution >= 4 is 10.1 Å². The molecule has 0 atom stereocenters. The van der Waals surface area contributed by atoms with Crippen molar-refractivity contribution in [1.29, 1.82) is 0 Å². The molecule has 4 nitrogen and oxygen atoms in total. The molecule has 0 bridgehead atoms. The van der Waals surface area contributed by atoms with E-state index in [4.69, 9.17) is 0 Å². The molecule has 0 aliphatic carbocycles. The van der Waals surface area contributed by atoms with Crippen LogP contribution in [0.3, 0.4) is 0 Å². The van der Waals surface area contributed by atoms with Gasteiger partial charge in [0, 0.05) is 0 Å². The zero-order valence-electron chi connectivity index (χ0n) is 12.3. The van der Waals surface area contributed by atoms with E-state index in [0.717, 1.165) is 19.3 Å². The summed E-state index contributed by atoms with van der Waals surface area (Å²) in [7, 11) is -4.62. The van der Waals surface area contributed by atoms with Crippen LogP contribution in [0.1, 0.15) is 57.4 Å². The summed E-state index contributed by atoms with van der Waals surface area (Å²) in [6.07, 6.45) is 8.38. The minimum Gasteiger partial charge on any atom is -0.744 e. The van der Waals surface area contributed by atoms with Crippen LogP contribution in [0.4, 0.5) is 0 Å². The molecule has 21 heavy (non-hydrogen) atoms. The summed E-state index contributed by atoms with van der Waals surface area (Å²) in [5.41, 5.74) is 0.425. The van der Waals surface area contributed by atoms with Gasteiger partial charge in [-0.1, -0.05) is 57.6 Å². The fourth-order valence-corrected chi connectivity index (χ4v) is 3.14. The maximum atomic E-state index is 11.2. The van der Waals surface area contributed by atoms with Gasteiger partial charge in [-0.3, -0.25) is 0 Å². The number of benzene rings is 1. The molecular formula is C15H23CuO4S. The van der Waals surface area contributed by atoms with Crippen molar-refractivity contribution in [3.63, 3.8) is 0 Å². The summed E-state index contributed by atoms with van der Waals surface area (Å²) < 4.78 is 33.5. The number of aryl methyl sites for hydroxylation is 1. The minimum absolute atomic E-state index is 0. The molecule has 1 rings (SSSR count). The van der Waals surface area contributed by atoms with Gasteiger partial charge in [-0.25, -0.2) is 8.42 Å². The monoisotopic (exact) mass is 362 g/mol. The Hall–Kier alpha value is -0.551. The molecule has 0 saturated carbocycles. The quantitative estimate of drug-likeness (QED) is 0.413. The fraction of sp³-hybridized carbons (Fsp3) is 0.600.